The van der Waals surface area contributed by atoms with E-state index in [2.05, 4.69) is 21.2 Å². The summed E-state index contributed by atoms with van der Waals surface area (Å²) in [5.41, 5.74) is 0.584. The van der Waals surface area contributed by atoms with Crippen LogP contribution in [0.2, 0.25) is 0 Å². The Morgan fingerprint density at radius 2 is 1.81 bits per heavy atom. The van der Waals surface area contributed by atoms with Crippen molar-refractivity contribution in [1.82, 2.24) is 5.32 Å². The number of hydrogen-bond acceptors (Lipinski definition) is 5. The standard InChI is InChI=1S/C18H13BrN2O5/c1-26-15-9-10(2-7-14(15)22)8-13-16(23)20-18(25)21(17(13)24)12-5-3-11(19)4-6-12/h2-9,22H,1H3,(H,20,23,25)/b13-8+. The van der Waals surface area contributed by atoms with Crippen molar-refractivity contribution < 1.29 is 24.2 Å². The maximum Gasteiger partial charge on any atom is 0.335 e. The molecule has 1 heterocycles. The van der Waals surface area contributed by atoms with Crippen LogP contribution in [0.1, 0.15) is 5.56 Å². The lowest BCUT2D eigenvalue weighted by molar-refractivity contribution is -0.122. The average Bonchev–Trinajstić information content (AvgIpc) is 2.61. The molecule has 1 fully saturated rings. The van der Waals surface area contributed by atoms with Crippen molar-refractivity contribution in [2.75, 3.05) is 12.0 Å². The molecule has 0 unspecified atom stereocenters. The molecule has 3 rings (SSSR count). The number of anilines is 1. The van der Waals surface area contributed by atoms with Crippen molar-refractivity contribution in [3.8, 4) is 11.5 Å². The summed E-state index contributed by atoms with van der Waals surface area (Å²) in [6.45, 7) is 0. The van der Waals surface area contributed by atoms with Crippen LogP contribution < -0.4 is 15.0 Å². The number of ether oxygens (including phenoxy) is 1. The molecule has 1 aliphatic heterocycles. The molecule has 0 saturated carbocycles. The van der Waals surface area contributed by atoms with Gasteiger partial charge in [0.25, 0.3) is 11.8 Å². The first-order valence-corrected chi connectivity index (χ1v) is 8.24. The molecule has 8 heteroatoms. The molecule has 132 valence electrons. The van der Waals surface area contributed by atoms with Crippen molar-refractivity contribution in [2.45, 2.75) is 0 Å². The molecule has 0 bridgehead atoms. The van der Waals surface area contributed by atoms with Crippen LogP contribution in [0.4, 0.5) is 10.5 Å². The first kappa shape index (κ1) is 17.7. The van der Waals surface area contributed by atoms with E-state index in [0.29, 0.717) is 11.3 Å². The van der Waals surface area contributed by atoms with Gasteiger partial charge in [-0.05, 0) is 48.0 Å². The number of rotatable bonds is 3. The first-order chi connectivity index (χ1) is 12.4. The predicted molar refractivity (Wildman–Crippen MR) is 97.8 cm³/mol. The monoisotopic (exact) mass is 416 g/mol. The molecule has 2 aromatic carbocycles. The zero-order valence-corrected chi connectivity index (χ0v) is 15.1. The van der Waals surface area contributed by atoms with E-state index in [9.17, 15) is 19.5 Å². The zero-order chi connectivity index (χ0) is 18.8. The van der Waals surface area contributed by atoms with Gasteiger partial charge in [0.15, 0.2) is 11.5 Å². The highest BCUT2D eigenvalue weighted by molar-refractivity contribution is 9.10. The number of phenolic OH excluding ortho intramolecular Hbond substituents is 1. The SMILES string of the molecule is COc1cc(/C=C2\C(=O)NC(=O)N(c3ccc(Br)cc3)C2=O)ccc1O. The lowest BCUT2D eigenvalue weighted by Gasteiger charge is -2.26. The summed E-state index contributed by atoms with van der Waals surface area (Å²) in [4.78, 5) is 37.9. The van der Waals surface area contributed by atoms with Crippen molar-refractivity contribution in [2.24, 2.45) is 0 Å². The molecular formula is C18H13BrN2O5. The number of imide groups is 2. The normalized spacial score (nSPS) is 16.0. The third kappa shape index (κ3) is 3.31. The second-order valence-corrected chi connectivity index (χ2v) is 6.28. The molecule has 0 aromatic heterocycles. The number of amides is 4. The number of phenols is 1. The van der Waals surface area contributed by atoms with E-state index in [4.69, 9.17) is 4.74 Å². The topological polar surface area (TPSA) is 95.9 Å². The van der Waals surface area contributed by atoms with Gasteiger partial charge in [0.05, 0.1) is 12.8 Å². The largest absolute Gasteiger partial charge is 0.504 e. The summed E-state index contributed by atoms with van der Waals surface area (Å²) in [5.74, 6) is -1.40. The lowest BCUT2D eigenvalue weighted by Crippen LogP contribution is -2.54. The van der Waals surface area contributed by atoms with Crippen LogP contribution in [-0.4, -0.2) is 30.1 Å². The summed E-state index contributed by atoms with van der Waals surface area (Å²) in [6, 6.07) is 10.1. The molecule has 1 saturated heterocycles. The van der Waals surface area contributed by atoms with E-state index < -0.39 is 17.8 Å². The minimum Gasteiger partial charge on any atom is -0.504 e. The quantitative estimate of drug-likeness (QED) is 0.592. The Labute approximate surface area is 157 Å². The number of urea groups is 1. The molecule has 2 aromatic rings. The van der Waals surface area contributed by atoms with E-state index in [1.807, 2.05) is 0 Å². The Morgan fingerprint density at radius 3 is 2.46 bits per heavy atom. The Hall–Kier alpha value is -3.13. The lowest BCUT2D eigenvalue weighted by atomic mass is 10.1. The minimum atomic E-state index is -0.817. The number of benzene rings is 2. The molecule has 7 nitrogen and oxygen atoms in total. The molecular weight excluding hydrogens is 404 g/mol. The summed E-state index contributed by atoms with van der Waals surface area (Å²) in [7, 11) is 1.39. The molecule has 4 amide bonds. The number of barbiturate groups is 1. The van der Waals surface area contributed by atoms with Gasteiger partial charge in [-0.2, -0.15) is 0 Å². The fourth-order valence-electron chi connectivity index (χ4n) is 2.43. The van der Waals surface area contributed by atoms with Crippen molar-refractivity contribution in [1.29, 1.82) is 0 Å². The van der Waals surface area contributed by atoms with E-state index in [1.54, 1.807) is 24.3 Å². The Balaban J connectivity index is 2.01. The number of halogens is 1. The summed E-state index contributed by atoms with van der Waals surface area (Å²) in [5, 5.41) is 11.8. The van der Waals surface area contributed by atoms with Crippen LogP contribution in [0.25, 0.3) is 6.08 Å². The Kier molecular flexibility index (Phi) is 4.77. The van der Waals surface area contributed by atoms with Gasteiger partial charge < -0.3 is 9.84 Å². The van der Waals surface area contributed by atoms with Gasteiger partial charge in [-0.1, -0.05) is 22.0 Å². The van der Waals surface area contributed by atoms with Crippen LogP contribution in [0.5, 0.6) is 11.5 Å². The van der Waals surface area contributed by atoms with Gasteiger partial charge in [0.1, 0.15) is 5.57 Å². The third-order valence-corrected chi connectivity index (χ3v) is 4.23. The number of carbonyl (C=O) groups is 3. The number of carbonyl (C=O) groups excluding carboxylic acids is 3. The minimum absolute atomic E-state index is 0.0688. The van der Waals surface area contributed by atoms with Crippen LogP contribution in [-0.2, 0) is 9.59 Å². The molecule has 2 N–H and O–H groups in total. The van der Waals surface area contributed by atoms with E-state index >= 15 is 0 Å². The van der Waals surface area contributed by atoms with Gasteiger partial charge in [-0.3, -0.25) is 14.9 Å². The van der Waals surface area contributed by atoms with Gasteiger partial charge in [0, 0.05) is 4.47 Å². The predicted octanol–water partition coefficient (Wildman–Crippen LogP) is 2.83. The van der Waals surface area contributed by atoms with Crippen LogP contribution >= 0.6 is 15.9 Å². The van der Waals surface area contributed by atoms with Crippen molar-refractivity contribution in [3.05, 3.63) is 58.1 Å². The second-order valence-electron chi connectivity index (χ2n) is 5.37. The van der Waals surface area contributed by atoms with Gasteiger partial charge in [0.2, 0.25) is 0 Å². The average molecular weight is 417 g/mol. The maximum atomic E-state index is 12.7. The van der Waals surface area contributed by atoms with Crippen molar-refractivity contribution >= 4 is 45.5 Å². The number of methoxy groups -OCH3 is 1. The second kappa shape index (κ2) is 7.01. The molecule has 0 aliphatic carbocycles. The highest BCUT2D eigenvalue weighted by Crippen LogP contribution is 2.28. The zero-order valence-electron chi connectivity index (χ0n) is 13.5. The van der Waals surface area contributed by atoms with Crippen LogP contribution in [0.15, 0.2) is 52.5 Å². The Bertz CT molecular complexity index is 937. The van der Waals surface area contributed by atoms with Gasteiger partial charge in [-0.15, -0.1) is 0 Å². The fraction of sp³-hybridized carbons (Fsp3) is 0.0556. The molecule has 0 spiro atoms. The number of hydrogen-bond donors (Lipinski definition) is 2. The van der Waals surface area contributed by atoms with Gasteiger partial charge >= 0.3 is 6.03 Å². The third-order valence-electron chi connectivity index (χ3n) is 3.70. The number of nitrogens with one attached hydrogen (secondary N) is 1. The summed E-state index contributed by atoms with van der Waals surface area (Å²) >= 11 is 3.28. The molecule has 0 atom stereocenters. The highest BCUT2D eigenvalue weighted by Gasteiger charge is 2.36. The summed E-state index contributed by atoms with van der Waals surface area (Å²) in [6.07, 6.45) is 1.33. The maximum absolute atomic E-state index is 12.7. The van der Waals surface area contributed by atoms with Gasteiger partial charge in [-0.25, -0.2) is 9.69 Å². The van der Waals surface area contributed by atoms with Crippen LogP contribution in [0.3, 0.4) is 0 Å². The Morgan fingerprint density at radius 1 is 1.12 bits per heavy atom. The molecule has 0 radical (unpaired) electrons. The van der Waals surface area contributed by atoms with E-state index in [-0.39, 0.29) is 17.1 Å². The van der Waals surface area contributed by atoms with E-state index in [0.717, 1.165) is 9.37 Å². The fourth-order valence-corrected chi connectivity index (χ4v) is 2.70. The van der Waals surface area contributed by atoms with Crippen molar-refractivity contribution in [3.63, 3.8) is 0 Å². The highest BCUT2D eigenvalue weighted by atomic mass is 79.9. The molecule has 26 heavy (non-hydrogen) atoms. The van der Waals surface area contributed by atoms with E-state index in [1.165, 1.54) is 31.4 Å². The smallest absolute Gasteiger partial charge is 0.335 e. The first-order valence-electron chi connectivity index (χ1n) is 7.44. The molecule has 1 aliphatic rings. The number of nitrogens with zero attached hydrogens (tertiary/aromatic N) is 1. The number of aromatic hydroxyl groups is 1. The summed E-state index contributed by atoms with van der Waals surface area (Å²) < 4.78 is 5.80. The van der Waals surface area contributed by atoms with Crippen LogP contribution in [0, 0.1) is 0 Å².